The smallest absolute Gasteiger partial charge is 0.242 e. The normalized spacial score (nSPS) is 17.2. The van der Waals surface area contributed by atoms with E-state index in [1.54, 1.807) is 12.1 Å². The Morgan fingerprint density at radius 2 is 2.04 bits per heavy atom. The standard InChI is InChI=1S/C17H28N4O4S/c1-4-17-20(10-12-25-11-7-18)8-9-21(17)15-6-5-14(24-3)13-16(15)26(22,23)19-2/h5-6,8-9,13,17,19H,4,7,10-12,18H2,1-3H3. The molecule has 1 unspecified atom stereocenters. The summed E-state index contributed by atoms with van der Waals surface area (Å²) in [6.45, 7) is 4.36. The van der Waals surface area contributed by atoms with Crippen molar-refractivity contribution >= 4 is 15.7 Å². The van der Waals surface area contributed by atoms with Gasteiger partial charge in [-0.2, -0.15) is 0 Å². The molecule has 146 valence electrons. The summed E-state index contributed by atoms with van der Waals surface area (Å²) in [6, 6.07) is 5.07. The fourth-order valence-corrected chi connectivity index (χ4v) is 3.87. The summed E-state index contributed by atoms with van der Waals surface area (Å²) in [6.07, 6.45) is 4.68. The minimum Gasteiger partial charge on any atom is -0.497 e. The molecule has 8 nitrogen and oxygen atoms in total. The first-order chi connectivity index (χ1) is 12.5. The number of hydrogen-bond acceptors (Lipinski definition) is 7. The van der Waals surface area contributed by atoms with Crippen molar-refractivity contribution in [3.05, 3.63) is 30.6 Å². The number of anilines is 1. The van der Waals surface area contributed by atoms with Gasteiger partial charge in [0, 0.05) is 31.6 Å². The van der Waals surface area contributed by atoms with Crippen molar-refractivity contribution in [1.29, 1.82) is 0 Å². The molecule has 0 bridgehead atoms. The summed E-state index contributed by atoms with van der Waals surface area (Å²) in [5.41, 5.74) is 6.04. The third-order valence-electron chi connectivity index (χ3n) is 4.25. The minimum atomic E-state index is -3.63. The van der Waals surface area contributed by atoms with Crippen LogP contribution >= 0.6 is 0 Å². The molecule has 1 aliphatic rings. The fraction of sp³-hybridized carbons (Fsp3) is 0.529. The van der Waals surface area contributed by atoms with E-state index in [-0.39, 0.29) is 11.1 Å². The average molecular weight is 385 g/mol. The second-order valence-electron chi connectivity index (χ2n) is 5.77. The van der Waals surface area contributed by atoms with Crippen LogP contribution in [-0.2, 0) is 14.8 Å². The van der Waals surface area contributed by atoms with Crippen molar-refractivity contribution < 1.29 is 17.9 Å². The molecule has 0 radical (unpaired) electrons. The Labute approximate surface area is 155 Å². The molecule has 3 N–H and O–H groups in total. The van der Waals surface area contributed by atoms with E-state index in [1.165, 1.54) is 20.2 Å². The van der Waals surface area contributed by atoms with Crippen LogP contribution in [0.4, 0.5) is 5.69 Å². The van der Waals surface area contributed by atoms with Crippen LogP contribution in [-0.4, -0.2) is 59.9 Å². The Kier molecular flexibility index (Phi) is 7.27. The fourth-order valence-electron chi connectivity index (χ4n) is 2.93. The number of methoxy groups -OCH3 is 1. The highest BCUT2D eigenvalue weighted by molar-refractivity contribution is 7.89. The van der Waals surface area contributed by atoms with Crippen LogP contribution in [0.15, 0.2) is 35.5 Å². The van der Waals surface area contributed by atoms with Gasteiger partial charge in [0.15, 0.2) is 0 Å². The highest BCUT2D eigenvalue weighted by Gasteiger charge is 2.30. The number of nitrogens with two attached hydrogens (primary N) is 1. The highest BCUT2D eigenvalue weighted by atomic mass is 32.2. The molecular weight excluding hydrogens is 356 g/mol. The number of ether oxygens (including phenoxy) is 2. The zero-order valence-electron chi connectivity index (χ0n) is 15.5. The molecule has 0 aromatic heterocycles. The van der Waals surface area contributed by atoms with E-state index in [2.05, 4.69) is 16.5 Å². The number of sulfonamides is 1. The third-order valence-corrected chi connectivity index (χ3v) is 5.69. The molecule has 9 heteroatoms. The van der Waals surface area contributed by atoms with E-state index >= 15 is 0 Å². The summed E-state index contributed by atoms with van der Waals surface area (Å²) in [5, 5.41) is 0. The SMILES string of the molecule is CCC1N(CCOCCN)C=CN1c1ccc(OC)cc1S(=O)(=O)NC. The molecule has 0 saturated carbocycles. The van der Waals surface area contributed by atoms with E-state index in [4.69, 9.17) is 15.2 Å². The van der Waals surface area contributed by atoms with Gasteiger partial charge in [-0.05, 0) is 25.6 Å². The van der Waals surface area contributed by atoms with Gasteiger partial charge in [0.05, 0.1) is 26.0 Å². The molecular formula is C17H28N4O4S. The molecule has 1 heterocycles. The van der Waals surface area contributed by atoms with Gasteiger partial charge < -0.3 is 25.0 Å². The lowest BCUT2D eigenvalue weighted by Gasteiger charge is -2.33. The van der Waals surface area contributed by atoms with E-state index in [0.29, 0.717) is 37.7 Å². The molecule has 1 aromatic rings. The van der Waals surface area contributed by atoms with E-state index in [9.17, 15) is 8.42 Å². The van der Waals surface area contributed by atoms with Gasteiger partial charge in [-0.25, -0.2) is 13.1 Å². The van der Waals surface area contributed by atoms with E-state index in [0.717, 1.165) is 6.42 Å². The molecule has 0 amide bonds. The zero-order valence-corrected chi connectivity index (χ0v) is 16.3. The van der Waals surface area contributed by atoms with Crippen molar-refractivity contribution in [2.75, 3.05) is 45.4 Å². The first-order valence-electron chi connectivity index (χ1n) is 8.60. The van der Waals surface area contributed by atoms with Gasteiger partial charge >= 0.3 is 0 Å². The molecule has 0 fully saturated rings. The summed E-state index contributed by atoms with van der Waals surface area (Å²) >= 11 is 0. The van der Waals surface area contributed by atoms with Gasteiger partial charge in [0.2, 0.25) is 10.0 Å². The summed E-state index contributed by atoms with van der Waals surface area (Å²) in [7, 11) is -0.723. The van der Waals surface area contributed by atoms with Crippen molar-refractivity contribution in [2.24, 2.45) is 5.73 Å². The van der Waals surface area contributed by atoms with Crippen LogP contribution in [0.1, 0.15) is 13.3 Å². The predicted molar refractivity (Wildman–Crippen MR) is 102 cm³/mol. The van der Waals surface area contributed by atoms with Crippen LogP contribution < -0.4 is 20.1 Å². The Morgan fingerprint density at radius 3 is 2.65 bits per heavy atom. The van der Waals surface area contributed by atoms with Gasteiger partial charge in [-0.15, -0.1) is 0 Å². The molecule has 0 spiro atoms. The van der Waals surface area contributed by atoms with Crippen molar-refractivity contribution in [3.63, 3.8) is 0 Å². The van der Waals surface area contributed by atoms with Crippen molar-refractivity contribution in [3.8, 4) is 5.75 Å². The van der Waals surface area contributed by atoms with E-state index < -0.39 is 10.0 Å². The van der Waals surface area contributed by atoms with Crippen LogP contribution in [0.3, 0.4) is 0 Å². The second kappa shape index (κ2) is 9.22. The lowest BCUT2D eigenvalue weighted by molar-refractivity contribution is 0.114. The largest absolute Gasteiger partial charge is 0.497 e. The van der Waals surface area contributed by atoms with Gasteiger partial charge in [-0.1, -0.05) is 6.92 Å². The van der Waals surface area contributed by atoms with Gasteiger partial charge in [-0.3, -0.25) is 0 Å². The van der Waals surface area contributed by atoms with E-state index in [1.807, 2.05) is 17.3 Å². The molecule has 1 aliphatic heterocycles. The van der Waals surface area contributed by atoms with Crippen LogP contribution in [0.2, 0.25) is 0 Å². The third kappa shape index (κ3) is 4.47. The molecule has 0 aliphatic carbocycles. The number of rotatable bonds is 10. The van der Waals surface area contributed by atoms with Crippen molar-refractivity contribution in [2.45, 2.75) is 24.4 Å². The summed E-state index contributed by atoms with van der Waals surface area (Å²) in [5.74, 6) is 0.492. The monoisotopic (exact) mass is 384 g/mol. The first kappa shape index (κ1) is 20.5. The van der Waals surface area contributed by atoms with Crippen LogP contribution in [0.5, 0.6) is 5.75 Å². The lowest BCUT2D eigenvalue weighted by atomic mass is 10.2. The quantitative estimate of drug-likeness (QED) is 0.579. The Morgan fingerprint density at radius 1 is 1.27 bits per heavy atom. The first-order valence-corrected chi connectivity index (χ1v) is 10.1. The van der Waals surface area contributed by atoms with Crippen LogP contribution in [0, 0.1) is 0 Å². The Balaban J connectivity index is 2.29. The summed E-state index contributed by atoms with van der Waals surface area (Å²) < 4.78 is 38.1. The second-order valence-corrected chi connectivity index (χ2v) is 7.63. The number of hydrogen-bond donors (Lipinski definition) is 2. The zero-order chi connectivity index (χ0) is 19.2. The predicted octanol–water partition coefficient (Wildman–Crippen LogP) is 0.908. The average Bonchev–Trinajstić information content (AvgIpc) is 3.07. The van der Waals surface area contributed by atoms with Crippen molar-refractivity contribution in [1.82, 2.24) is 9.62 Å². The molecule has 26 heavy (non-hydrogen) atoms. The lowest BCUT2D eigenvalue weighted by Crippen LogP contribution is -2.40. The molecule has 1 aromatic carbocycles. The number of nitrogens with zero attached hydrogens (tertiary/aromatic N) is 2. The maximum atomic E-state index is 12.5. The topological polar surface area (TPSA) is 97.1 Å². The molecule has 2 rings (SSSR count). The van der Waals surface area contributed by atoms with Gasteiger partial charge in [0.25, 0.3) is 0 Å². The number of nitrogens with one attached hydrogen (secondary N) is 1. The number of benzene rings is 1. The Bertz CT molecular complexity index is 723. The maximum Gasteiger partial charge on any atom is 0.242 e. The summed E-state index contributed by atoms with van der Waals surface area (Å²) in [4.78, 5) is 4.28. The maximum absolute atomic E-state index is 12.5. The van der Waals surface area contributed by atoms with Gasteiger partial charge in [0.1, 0.15) is 16.8 Å². The molecule has 1 atom stereocenters. The highest BCUT2D eigenvalue weighted by Crippen LogP contribution is 2.34. The molecule has 0 saturated heterocycles. The Hall–Kier alpha value is -1.81. The van der Waals surface area contributed by atoms with Crippen LogP contribution in [0.25, 0.3) is 0 Å². The minimum absolute atomic E-state index is 0.00989.